The molecule has 2 N–H and O–H groups in total. The highest BCUT2D eigenvalue weighted by molar-refractivity contribution is 5.79. The summed E-state index contributed by atoms with van der Waals surface area (Å²) in [7, 11) is 1.92. The quantitative estimate of drug-likeness (QED) is 0.547. The first-order chi connectivity index (χ1) is 12.9. The molecule has 0 radical (unpaired) electrons. The number of benzene rings is 1. The van der Waals surface area contributed by atoms with Gasteiger partial charge in [0.2, 0.25) is 0 Å². The van der Waals surface area contributed by atoms with Gasteiger partial charge in [0.05, 0.1) is 12.2 Å². The van der Waals surface area contributed by atoms with E-state index in [2.05, 4.69) is 20.7 Å². The molecule has 0 bridgehead atoms. The van der Waals surface area contributed by atoms with Gasteiger partial charge in [-0.2, -0.15) is 5.10 Å². The molecule has 0 saturated heterocycles. The number of aromatic nitrogens is 2. The number of hydrogen-bond donors (Lipinski definition) is 2. The number of ether oxygens (including phenoxy) is 1. The number of guanidine groups is 1. The minimum atomic E-state index is -2.49. The van der Waals surface area contributed by atoms with Crippen molar-refractivity contribution in [3.05, 3.63) is 46.8 Å². The maximum Gasteiger partial charge on any atom is 0.272 e. The van der Waals surface area contributed by atoms with Crippen LogP contribution >= 0.6 is 0 Å². The molecule has 1 aromatic heterocycles. The molecular formula is C19H27F2N5O. The zero-order chi connectivity index (χ0) is 19.8. The van der Waals surface area contributed by atoms with Gasteiger partial charge < -0.3 is 15.4 Å². The first kappa shape index (κ1) is 20.7. The van der Waals surface area contributed by atoms with Gasteiger partial charge in [-0.3, -0.25) is 4.68 Å². The van der Waals surface area contributed by atoms with Crippen molar-refractivity contribution in [2.75, 3.05) is 13.2 Å². The molecule has 0 saturated carbocycles. The lowest BCUT2D eigenvalue weighted by atomic mass is 10.2. The van der Waals surface area contributed by atoms with E-state index < -0.39 is 13.0 Å². The summed E-state index contributed by atoms with van der Waals surface area (Å²) in [5, 5.41) is 10.9. The minimum absolute atomic E-state index is 0.409. The summed E-state index contributed by atoms with van der Waals surface area (Å²) in [5.41, 5.74) is 4.13. The zero-order valence-electron chi connectivity index (χ0n) is 16.2. The second kappa shape index (κ2) is 9.89. The number of aryl methyl sites for hydroxylation is 2. The lowest BCUT2D eigenvalue weighted by Gasteiger charge is -2.12. The Hall–Kier alpha value is -2.64. The fourth-order valence-corrected chi connectivity index (χ4v) is 2.65. The van der Waals surface area contributed by atoms with Crippen molar-refractivity contribution in [1.29, 1.82) is 0 Å². The van der Waals surface area contributed by atoms with Gasteiger partial charge in [0, 0.05) is 31.4 Å². The summed E-state index contributed by atoms with van der Waals surface area (Å²) in [6.07, 6.45) is -2.49. The monoisotopic (exact) mass is 379 g/mol. The zero-order valence-corrected chi connectivity index (χ0v) is 16.2. The summed E-state index contributed by atoms with van der Waals surface area (Å²) in [6.45, 7) is 7.16. The molecule has 148 valence electrons. The van der Waals surface area contributed by atoms with E-state index >= 15 is 0 Å². The average Bonchev–Trinajstić information content (AvgIpc) is 2.88. The van der Waals surface area contributed by atoms with Crippen molar-refractivity contribution in [1.82, 2.24) is 20.4 Å². The summed E-state index contributed by atoms with van der Waals surface area (Å²) in [6, 6.07) is 7.05. The molecule has 0 amide bonds. The SMILES string of the molecule is CCNC(=NCc1cccc(OCC(F)F)c1)NCc1c(C)nn(C)c1C. The molecule has 0 fully saturated rings. The number of hydrogen-bond acceptors (Lipinski definition) is 3. The molecule has 1 aromatic carbocycles. The molecule has 0 aliphatic heterocycles. The molecule has 0 atom stereocenters. The van der Waals surface area contributed by atoms with Crippen LogP contribution in [0.2, 0.25) is 0 Å². The average molecular weight is 379 g/mol. The Kier molecular flexibility index (Phi) is 7.57. The Balaban J connectivity index is 2.01. The van der Waals surface area contributed by atoms with E-state index in [0.29, 0.717) is 24.8 Å². The second-order valence-corrected chi connectivity index (χ2v) is 6.17. The van der Waals surface area contributed by atoms with Crippen molar-refractivity contribution in [3.8, 4) is 5.75 Å². The number of halogens is 2. The second-order valence-electron chi connectivity index (χ2n) is 6.17. The maximum absolute atomic E-state index is 12.3. The topological polar surface area (TPSA) is 63.5 Å². The third-order valence-corrected chi connectivity index (χ3v) is 4.13. The Morgan fingerprint density at radius 3 is 2.70 bits per heavy atom. The molecule has 2 aromatic rings. The van der Waals surface area contributed by atoms with Crippen LogP contribution in [0.1, 0.15) is 29.4 Å². The largest absolute Gasteiger partial charge is 0.488 e. The normalized spacial score (nSPS) is 11.7. The van der Waals surface area contributed by atoms with Crippen LogP contribution in [0.3, 0.4) is 0 Å². The lowest BCUT2D eigenvalue weighted by molar-refractivity contribution is 0.0818. The highest BCUT2D eigenvalue weighted by atomic mass is 19.3. The Labute approximate surface area is 158 Å². The third kappa shape index (κ3) is 6.23. The molecular weight excluding hydrogens is 352 g/mol. The Bertz CT molecular complexity index is 773. The van der Waals surface area contributed by atoms with Crippen LogP contribution in [-0.2, 0) is 20.1 Å². The predicted molar refractivity (Wildman–Crippen MR) is 102 cm³/mol. The van der Waals surface area contributed by atoms with E-state index in [0.717, 1.165) is 29.1 Å². The summed E-state index contributed by atoms with van der Waals surface area (Å²) < 4.78 is 31.5. The van der Waals surface area contributed by atoms with Crippen LogP contribution in [0.4, 0.5) is 8.78 Å². The van der Waals surface area contributed by atoms with Crippen molar-refractivity contribution in [2.24, 2.45) is 12.0 Å². The number of aliphatic imine (C=N–C) groups is 1. The number of alkyl halides is 2. The van der Waals surface area contributed by atoms with Gasteiger partial charge >= 0.3 is 0 Å². The minimum Gasteiger partial charge on any atom is -0.488 e. The van der Waals surface area contributed by atoms with E-state index in [1.807, 2.05) is 38.6 Å². The lowest BCUT2D eigenvalue weighted by Crippen LogP contribution is -2.37. The highest BCUT2D eigenvalue weighted by Crippen LogP contribution is 2.15. The fourth-order valence-electron chi connectivity index (χ4n) is 2.65. The Morgan fingerprint density at radius 1 is 1.30 bits per heavy atom. The van der Waals surface area contributed by atoms with Crippen molar-refractivity contribution in [3.63, 3.8) is 0 Å². The fraction of sp³-hybridized carbons (Fsp3) is 0.474. The standard InChI is InChI=1S/C19H27F2N5O/c1-5-22-19(24-11-17-13(2)25-26(4)14(17)3)23-10-15-7-6-8-16(9-15)27-12-18(20)21/h6-9,18H,5,10-12H2,1-4H3,(H2,22,23,24). The van der Waals surface area contributed by atoms with Crippen molar-refractivity contribution in [2.45, 2.75) is 40.3 Å². The molecule has 0 aliphatic carbocycles. The summed E-state index contributed by atoms with van der Waals surface area (Å²) >= 11 is 0. The van der Waals surface area contributed by atoms with Crippen LogP contribution in [0.25, 0.3) is 0 Å². The number of nitrogens with one attached hydrogen (secondary N) is 2. The van der Waals surface area contributed by atoms with E-state index in [-0.39, 0.29) is 0 Å². The summed E-state index contributed by atoms with van der Waals surface area (Å²) in [4.78, 5) is 4.56. The van der Waals surface area contributed by atoms with Gasteiger partial charge in [-0.1, -0.05) is 12.1 Å². The highest BCUT2D eigenvalue weighted by Gasteiger charge is 2.10. The maximum atomic E-state index is 12.3. The Morgan fingerprint density at radius 2 is 2.07 bits per heavy atom. The third-order valence-electron chi connectivity index (χ3n) is 4.13. The van der Waals surface area contributed by atoms with E-state index in [9.17, 15) is 8.78 Å². The van der Waals surface area contributed by atoms with Gasteiger partial charge in [0.15, 0.2) is 5.96 Å². The van der Waals surface area contributed by atoms with Gasteiger partial charge in [-0.25, -0.2) is 13.8 Å². The number of rotatable bonds is 8. The molecule has 6 nitrogen and oxygen atoms in total. The predicted octanol–water partition coefficient (Wildman–Crippen LogP) is 2.94. The first-order valence-electron chi connectivity index (χ1n) is 8.91. The molecule has 27 heavy (non-hydrogen) atoms. The smallest absolute Gasteiger partial charge is 0.272 e. The van der Waals surface area contributed by atoms with Crippen molar-refractivity contribution < 1.29 is 13.5 Å². The van der Waals surface area contributed by atoms with E-state index in [1.165, 1.54) is 0 Å². The molecule has 8 heteroatoms. The van der Waals surface area contributed by atoms with Crippen molar-refractivity contribution >= 4 is 5.96 Å². The molecule has 0 spiro atoms. The molecule has 0 unspecified atom stereocenters. The van der Waals surface area contributed by atoms with Gasteiger partial charge in [-0.05, 0) is 38.5 Å². The molecule has 1 heterocycles. The van der Waals surface area contributed by atoms with Gasteiger partial charge in [-0.15, -0.1) is 0 Å². The van der Waals surface area contributed by atoms with Crippen LogP contribution in [-0.4, -0.2) is 35.3 Å². The van der Waals surface area contributed by atoms with Crippen LogP contribution in [0.5, 0.6) is 5.75 Å². The van der Waals surface area contributed by atoms with Crippen LogP contribution < -0.4 is 15.4 Å². The number of nitrogens with zero attached hydrogens (tertiary/aromatic N) is 3. The van der Waals surface area contributed by atoms with E-state index in [4.69, 9.17) is 4.74 Å². The van der Waals surface area contributed by atoms with Gasteiger partial charge in [0.1, 0.15) is 12.4 Å². The van der Waals surface area contributed by atoms with Crippen LogP contribution in [0, 0.1) is 13.8 Å². The van der Waals surface area contributed by atoms with Crippen LogP contribution in [0.15, 0.2) is 29.3 Å². The molecule has 2 rings (SSSR count). The van der Waals surface area contributed by atoms with E-state index in [1.54, 1.807) is 18.2 Å². The summed E-state index contributed by atoms with van der Waals surface area (Å²) in [5.74, 6) is 1.10. The molecule has 0 aliphatic rings. The first-order valence-corrected chi connectivity index (χ1v) is 8.91. The van der Waals surface area contributed by atoms with Gasteiger partial charge in [0.25, 0.3) is 6.43 Å².